The Kier molecular flexibility index (Phi) is 4.17. The summed E-state index contributed by atoms with van der Waals surface area (Å²) in [4.78, 5) is 15.6. The zero-order chi connectivity index (χ0) is 15.4. The normalized spacial score (nSPS) is 10.2. The van der Waals surface area contributed by atoms with Crippen molar-refractivity contribution in [3.63, 3.8) is 0 Å². The van der Waals surface area contributed by atoms with E-state index in [1.807, 2.05) is 42.5 Å². The molecule has 0 radical (unpaired) electrons. The maximum absolute atomic E-state index is 11.2. The molecule has 3 nitrogen and oxygen atoms in total. The Bertz CT molecular complexity index is 803. The number of aromatic nitrogens is 1. The third kappa shape index (κ3) is 3.00. The lowest BCUT2D eigenvalue weighted by molar-refractivity contribution is 0.112. The molecule has 0 fully saturated rings. The number of hydrogen-bond acceptors (Lipinski definition) is 3. The minimum Gasteiger partial charge on any atom is -0.437 e. The van der Waals surface area contributed by atoms with Gasteiger partial charge in [-0.3, -0.25) is 4.79 Å². The first-order valence-electron chi connectivity index (χ1n) is 6.72. The van der Waals surface area contributed by atoms with Gasteiger partial charge in [0.25, 0.3) is 0 Å². The molecule has 22 heavy (non-hydrogen) atoms. The zero-order valence-electron chi connectivity index (χ0n) is 11.6. The number of rotatable bonds is 4. The Morgan fingerprint density at radius 1 is 0.909 bits per heavy atom. The second-order valence-electron chi connectivity index (χ2n) is 4.61. The van der Waals surface area contributed by atoms with Gasteiger partial charge in [-0.2, -0.15) is 0 Å². The molecule has 0 bridgehead atoms. The first kappa shape index (κ1) is 14.3. The molecular formula is C18H12ClNO2. The van der Waals surface area contributed by atoms with Crippen molar-refractivity contribution in [1.29, 1.82) is 0 Å². The fourth-order valence-corrected chi connectivity index (χ4v) is 2.20. The molecule has 3 rings (SSSR count). The molecule has 0 saturated heterocycles. The van der Waals surface area contributed by atoms with Crippen molar-refractivity contribution >= 4 is 17.9 Å². The van der Waals surface area contributed by atoms with E-state index in [9.17, 15) is 4.79 Å². The number of nitrogens with zero attached hydrogens (tertiary/aromatic N) is 1. The van der Waals surface area contributed by atoms with E-state index in [4.69, 9.17) is 16.3 Å². The summed E-state index contributed by atoms with van der Waals surface area (Å²) in [5, 5.41) is 0.464. The zero-order valence-corrected chi connectivity index (χ0v) is 12.3. The van der Waals surface area contributed by atoms with E-state index < -0.39 is 0 Å². The molecule has 3 aromatic rings. The number of halogens is 1. The van der Waals surface area contributed by atoms with E-state index in [0.29, 0.717) is 22.6 Å². The smallest absolute Gasteiger partial charge is 0.230 e. The third-order valence-electron chi connectivity index (χ3n) is 3.13. The van der Waals surface area contributed by atoms with Crippen LogP contribution in [-0.4, -0.2) is 11.3 Å². The van der Waals surface area contributed by atoms with E-state index in [0.717, 1.165) is 11.3 Å². The molecule has 0 atom stereocenters. The number of carbonyl (C=O) groups is 1. The molecule has 4 heteroatoms. The number of hydrogen-bond donors (Lipinski definition) is 0. The van der Waals surface area contributed by atoms with Gasteiger partial charge in [0.15, 0.2) is 6.29 Å². The number of ether oxygens (including phenoxy) is 1. The van der Waals surface area contributed by atoms with Crippen molar-refractivity contribution in [2.75, 3.05) is 0 Å². The fourth-order valence-electron chi connectivity index (χ4n) is 2.02. The lowest BCUT2D eigenvalue weighted by Crippen LogP contribution is -1.96. The number of benzene rings is 2. The van der Waals surface area contributed by atoms with Crippen LogP contribution in [0.3, 0.4) is 0 Å². The van der Waals surface area contributed by atoms with Crippen LogP contribution in [-0.2, 0) is 0 Å². The summed E-state index contributed by atoms with van der Waals surface area (Å²) in [6, 6.07) is 20.2. The van der Waals surface area contributed by atoms with Crippen LogP contribution in [0.25, 0.3) is 11.3 Å². The van der Waals surface area contributed by atoms with Gasteiger partial charge in [-0.15, -0.1) is 0 Å². The van der Waals surface area contributed by atoms with Crippen molar-refractivity contribution in [2.45, 2.75) is 0 Å². The Morgan fingerprint density at radius 2 is 1.64 bits per heavy atom. The van der Waals surface area contributed by atoms with Gasteiger partial charge in [-0.25, -0.2) is 4.98 Å². The largest absolute Gasteiger partial charge is 0.437 e. The van der Waals surface area contributed by atoms with E-state index in [2.05, 4.69) is 4.98 Å². The molecule has 1 aromatic heterocycles. The summed E-state index contributed by atoms with van der Waals surface area (Å²) in [6.07, 6.45) is 0.716. The molecule has 0 aliphatic rings. The van der Waals surface area contributed by atoms with Crippen molar-refractivity contribution < 1.29 is 9.53 Å². The summed E-state index contributed by atoms with van der Waals surface area (Å²) in [5.41, 5.74) is 2.05. The minimum absolute atomic E-state index is 0.240. The first-order valence-corrected chi connectivity index (χ1v) is 7.10. The molecule has 108 valence electrons. The lowest BCUT2D eigenvalue weighted by Gasteiger charge is -2.10. The van der Waals surface area contributed by atoms with Gasteiger partial charge in [0.05, 0.1) is 16.3 Å². The molecule has 0 amide bonds. The van der Waals surface area contributed by atoms with Crippen LogP contribution in [0, 0.1) is 0 Å². The summed E-state index contributed by atoms with van der Waals surface area (Å²) in [5.74, 6) is 0.703. The highest BCUT2D eigenvalue weighted by atomic mass is 35.5. The van der Waals surface area contributed by atoms with Crippen LogP contribution in [0.2, 0.25) is 5.02 Å². The Balaban J connectivity index is 2.02. The Labute approximate surface area is 133 Å². The molecule has 0 saturated carbocycles. The van der Waals surface area contributed by atoms with Gasteiger partial charge >= 0.3 is 0 Å². The molecule has 0 spiro atoms. The van der Waals surface area contributed by atoms with Gasteiger partial charge in [0.2, 0.25) is 5.88 Å². The second kappa shape index (κ2) is 6.41. The van der Waals surface area contributed by atoms with Crippen LogP contribution in [0.5, 0.6) is 11.6 Å². The molecular weight excluding hydrogens is 298 g/mol. The lowest BCUT2D eigenvalue weighted by atomic mass is 10.1. The SMILES string of the molecule is O=Cc1ccc(-c2ccccc2)nc1Oc1ccccc1Cl. The van der Waals surface area contributed by atoms with Crippen LogP contribution >= 0.6 is 11.6 Å². The predicted molar refractivity (Wildman–Crippen MR) is 86.6 cm³/mol. The van der Waals surface area contributed by atoms with Gasteiger partial charge in [-0.1, -0.05) is 54.1 Å². The van der Waals surface area contributed by atoms with Gasteiger partial charge in [0, 0.05) is 5.56 Å². The van der Waals surface area contributed by atoms with Crippen LogP contribution in [0.1, 0.15) is 10.4 Å². The second-order valence-corrected chi connectivity index (χ2v) is 5.01. The van der Waals surface area contributed by atoms with Crippen LogP contribution < -0.4 is 4.74 Å². The van der Waals surface area contributed by atoms with Crippen LogP contribution in [0.15, 0.2) is 66.7 Å². The van der Waals surface area contributed by atoms with Crippen molar-refractivity contribution in [3.05, 3.63) is 77.3 Å². The molecule has 0 aliphatic carbocycles. The highest BCUT2D eigenvalue weighted by Gasteiger charge is 2.10. The maximum Gasteiger partial charge on any atom is 0.230 e. The highest BCUT2D eigenvalue weighted by Crippen LogP contribution is 2.30. The average molecular weight is 310 g/mol. The topological polar surface area (TPSA) is 39.2 Å². The summed E-state index contributed by atoms with van der Waals surface area (Å²) in [7, 11) is 0. The van der Waals surface area contributed by atoms with Crippen molar-refractivity contribution in [2.24, 2.45) is 0 Å². The van der Waals surface area contributed by atoms with Gasteiger partial charge in [-0.05, 0) is 24.3 Å². The minimum atomic E-state index is 0.240. The third-order valence-corrected chi connectivity index (χ3v) is 3.44. The molecule has 0 N–H and O–H groups in total. The summed E-state index contributed by atoms with van der Waals surface area (Å²) in [6.45, 7) is 0. The first-order chi connectivity index (χ1) is 10.8. The van der Waals surface area contributed by atoms with Gasteiger partial charge < -0.3 is 4.74 Å². The van der Waals surface area contributed by atoms with E-state index in [1.165, 1.54) is 0 Å². The van der Waals surface area contributed by atoms with Crippen molar-refractivity contribution in [1.82, 2.24) is 4.98 Å². The molecule has 1 heterocycles. The number of aldehydes is 1. The average Bonchev–Trinajstić information content (AvgIpc) is 2.58. The molecule has 2 aromatic carbocycles. The summed E-state index contributed by atoms with van der Waals surface area (Å²) >= 11 is 6.09. The van der Waals surface area contributed by atoms with E-state index >= 15 is 0 Å². The van der Waals surface area contributed by atoms with Crippen LogP contribution in [0.4, 0.5) is 0 Å². The predicted octanol–water partition coefficient (Wildman–Crippen LogP) is 5.01. The number of para-hydroxylation sites is 1. The monoisotopic (exact) mass is 309 g/mol. The fraction of sp³-hybridized carbons (Fsp3) is 0. The summed E-state index contributed by atoms with van der Waals surface area (Å²) < 4.78 is 5.72. The molecule has 0 unspecified atom stereocenters. The van der Waals surface area contributed by atoms with Crippen molar-refractivity contribution in [3.8, 4) is 22.9 Å². The quantitative estimate of drug-likeness (QED) is 0.636. The van der Waals surface area contributed by atoms with Gasteiger partial charge in [0.1, 0.15) is 5.75 Å². The Hall–Kier alpha value is -2.65. The molecule has 0 aliphatic heterocycles. The highest BCUT2D eigenvalue weighted by molar-refractivity contribution is 6.32. The standard InChI is InChI=1S/C18H12ClNO2/c19-15-8-4-5-9-17(15)22-18-14(12-21)10-11-16(20-18)13-6-2-1-3-7-13/h1-12H. The maximum atomic E-state index is 11.2. The van der Waals surface area contributed by atoms with E-state index in [-0.39, 0.29) is 5.88 Å². The number of pyridine rings is 1. The number of carbonyl (C=O) groups excluding carboxylic acids is 1. The Morgan fingerprint density at radius 3 is 2.36 bits per heavy atom. The van der Waals surface area contributed by atoms with E-state index in [1.54, 1.807) is 24.3 Å².